The van der Waals surface area contributed by atoms with Gasteiger partial charge in [-0.05, 0) is 47.7 Å². The smallest absolute Gasteiger partial charge is 0.220 e. The second-order valence-corrected chi connectivity index (χ2v) is 6.60. The number of nitrogens with zero attached hydrogens (tertiary/aromatic N) is 1. The highest BCUT2D eigenvalue weighted by Gasteiger charge is 2.30. The van der Waals surface area contributed by atoms with Crippen LogP contribution in [0.25, 0.3) is 11.1 Å². The Bertz CT molecular complexity index is 972. The number of hydrogen-bond donors (Lipinski definition) is 1. The highest BCUT2D eigenvalue weighted by molar-refractivity contribution is 5.82. The van der Waals surface area contributed by atoms with Gasteiger partial charge in [-0.3, -0.25) is 9.59 Å². The summed E-state index contributed by atoms with van der Waals surface area (Å²) in [4.78, 5) is 25.6. The first kappa shape index (κ1) is 19.5. The zero-order chi connectivity index (χ0) is 20.4. The third-order valence-corrected chi connectivity index (χ3v) is 5.16. The molecular formula is C21H23NO6. The molecule has 1 unspecified atom stereocenters. The molecule has 0 aliphatic heterocycles. The minimum Gasteiger partial charge on any atom is -0.502 e. The van der Waals surface area contributed by atoms with Gasteiger partial charge >= 0.3 is 0 Å². The van der Waals surface area contributed by atoms with E-state index in [2.05, 4.69) is 0 Å². The van der Waals surface area contributed by atoms with E-state index in [-0.39, 0.29) is 28.7 Å². The molecule has 3 rings (SSSR count). The summed E-state index contributed by atoms with van der Waals surface area (Å²) in [5, 5.41) is 10.6. The predicted octanol–water partition coefficient (Wildman–Crippen LogP) is 2.52. The number of phenolic OH excluding ortho intramolecular Hbond substituents is 1. The Morgan fingerprint density at radius 3 is 2.43 bits per heavy atom. The maximum absolute atomic E-state index is 12.6. The van der Waals surface area contributed by atoms with Crippen molar-refractivity contribution in [3.8, 4) is 34.1 Å². The van der Waals surface area contributed by atoms with Crippen molar-refractivity contribution < 1.29 is 24.1 Å². The number of rotatable bonds is 5. The van der Waals surface area contributed by atoms with Gasteiger partial charge in [-0.2, -0.15) is 0 Å². The molecule has 2 aromatic carbocycles. The second kappa shape index (κ2) is 7.80. The summed E-state index contributed by atoms with van der Waals surface area (Å²) < 4.78 is 16.0. The average Bonchev–Trinajstić information content (AvgIpc) is 2.95. The van der Waals surface area contributed by atoms with Gasteiger partial charge in [0.2, 0.25) is 17.6 Å². The van der Waals surface area contributed by atoms with Crippen molar-refractivity contribution in [3.05, 3.63) is 45.6 Å². The lowest BCUT2D eigenvalue weighted by molar-refractivity contribution is -0.119. The van der Waals surface area contributed by atoms with Gasteiger partial charge in [0.15, 0.2) is 17.2 Å². The lowest BCUT2D eigenvalue weighted by Crippen LogP contribution is -2.23. The molecule has 0 heterocycles. The standard InChI is InChI=1S/C21H23NO6/c1-22(11-23)15-7-5-12-9-18(27-3)20(25)21(28-4)19(12)13-6-8-17(26-2)16(24)10-14(13)15/h6,8-11,15,25H,5,7H2,1-4H3. The van der Waals surface area contributed by atoms with E-state index in [1.54, 1.807) is 30.1 Å². The van der Waals surface area contributed by atoms with E-state index in [0.717, 1.165) is 12.0 Å². The van der Waals surface area contributed by atoms with Crippen LogP contribution in [-0.4, -0.2) is 44.8 Å². The molecule has 7 nitrogen and oxygen atoms in total. The maximum Gasteiger partial charge on any atom is 0.220 e. The third-order valence-electron chi connectivity index (χ3n) is 5.16. The van der Waals surface area contributed by atoms with Crippen LogP contribution < -0.4 is 19.6 Å². The molecule has 0 fully saturated rings. The molecule has 1 aliphatic rings. The van der Waals surface area contributed by atoms with Crippen LogP contribution in [0.5, 0.6) is 23.0 Å². The Morgan fingerprint density at radius 2 is 1.82 bits per heavy atom. The third kappa shape index (κ3) is 3.13. The quantitative estimate of drug-likeness (QED) is 0.796. The number of aryl methyl sites for hydroxylation is 1. The van der Waals surface area contributed by atoms with E-state index in [4.69, 9.17) is 14.2 Å². The molecule has 0 aromatic heterocycles. The van der Waals surface area contributed by atoms with Crippen LogP contribution >= 0.6 is 0 Å². The Kier molecular flexibility index (Phi) is 5.44. The lowest BCUT2D eigenvalue weighted by Gasteiger charge is -2.24. The van der Waals surface area contributed by atoms with E-state index in [1.807, 2.05) is 0 Å². The fraction of sp³-hybridized carbons (Fsp3) is 0.333. The number of fused-ring (bicyclic) bond motifs is 3. The monoisotopic (exact) mass is 385 g/mol. The first-order chi connectivity index (χ1) is 13.5. The highest BCUT2D eigenvalue weighted by Crippen LogP contribution is 2.50. The van der Waals surface area contributed by atoms with Crippen molar-refractivity contribution in [3.63, 3.8) is 0 Å². The van der Waals surface area contributed by atoms with Crippen molar-refractivity contribution in [2.24, 2.45) is 0 Å². The number of carbonyl (C=O) groups excluding carboxylic acids is 1. The molecule has 0 radical (unpaired) electrons. The summed E-state index contributed by atoms with van der Waals surface area (Å²) in [6.45, 7) is 0. The van der Waals surface area contributed by atoms with Gasteiger partial charge in [-0.1, -0.05) is 6.07 Å². The van der Waals surface area contributed by atoms with Gasteiger partial charge in [-0.15, -0.1) is 0 Å². The van der Waals surface area contributed by atoms with E-state index in [0.29, 0.717) is 35.3 Å². The topological polar surface area (TPSA) is 85.3 Å². The van der Waals surface area contributed by atoms with E-state index in [9.17, 15) is 14.7 Å². The molecule has 1 amide bonds. The number of phenols is 1. The molecule has 7 heteroatoms. The summed E-state index contributed by atoms with van der Waals surface area (Å²) in [5.74, 6) is 0.654. The minimum atomic E-state index is -0.317. The normalized spacial score (nSPS) is 14.9. The first-order valence-corrected chi connectivity index (χ1v) is 8.83. The second-order valence-electron chi connectivity index (χ2n) is 6.60. The number of carbonyl (C=O) groups is 1. The number of aromatic hydroxyl groups is 1. The Labute approximate surface area is 163 Å². The molecule has 0 spiro atoms. The maximum atomic E-state index is 12.6. The number of hydrogen-bond acceptors (Lipinski definition) is 6. The van der Waals surface area contributed by atoms with Crippen LogP contribution in [0.4, 0.5) is 0 Å². The summed E-state index contributed by atoms with van der Waals surface area (Å²) >= 11 is 0. The van der Waals surface area contributed by atoms with Gasteiger partial charge in [0, 0.05) is 12.6 Å². The summed E-state index contributed by atoms with van der Waals surface area (Å²) in [5.41, 5.74) is 2.65. The number of methoxy groups -OCH3 is 3. The van der Waals surface area contributed by atoms with Crippen molar-refractivity contribution >= 4 is 6.41 Å². The summed E-state index contributed by atoms with van der Waals surface area (Å²) in [7, 11) is 6.06. The molecule has 148 valence electrons. The lowest BCUT2D eigenvalue weighted by atomic mass is 9.95. The predicted molar refractivity (Wildman–Crippen MR) is 104 cm³/mol. The van der Waals surface area contributed by atoms with Crippen LogP contribution in [0.3, 0.4) is 0 Å². The fourth-order valence-electron chi connectivity index (χ4n) is 3.77. The SMILES string of the molecule is COc1cc2c(c(OC)c1O)-c1ccc(OC)c(=O)cc1C(N(C)C=O)CC2. The largest absolute Gasteiger partial charge is 0.502 e. The summed E-state index contributed by atoms with van der Waals surface area (Å²) in [6, 6.07) is 6.30. The Morgan fingerprint density at radius 1 is 1.11 bits per heavy atom. The van der Waals surface area contributed by atoms with Crippen molar-refractivity contribution in [1.82, 2.24) is 4.90 Å². The van der Waals surface area contributed by atoms with Gasteiger partial charge in [0.1, 0.15) is 0 Å². The van der Waals surface area contributed by atoms with Crippen LogP contribution in [0.15, 0.2) is 29.1 Å². The molecule has 2 aromatic rings. The number of amides is 1. The molecule has 1 aliphatic carbocycles. The molecular weight excluding hydrogens is 362 g/mol. The molecule has 1 atom stereocenters. The van der Waals surface area contributed by atoms with Crippen LogP contribution in [0.1, 0.15) is 23.6 Å². The number of benzene rings is 1. The van der Waals surface area contributed by atoms with Crippen LogP contribution in [0.2, 0.25) is 0 Å². The molecule has 0 saturated heterocycles. The molecule has 1 N–H and O–H groups in total. The first-order valence-electron chi connectivity index (χ1n) is 8.83. The minimum absolute atomic E-state index is 0.113. The van der Waals surface area contributed by atoms with Gasteiger partial charge < -0.3 is 24.2 Å². The van der Waals surface area contributed by atoms with E-state index in [1.165, 1.54) is 27.4 Å². The van der Waals surface area contributed by atoms with Crippen LogP contribution in [-0.2, 0) is 11.2 Å². The molecule has 0 saturated carbocycles. The molecule has 0 bridgehead atoms. The van der Waals surface area contributed by atoms with Crippen LogP contribution in [0, 0.1) is 0 Å². The Hall–Kier alpha value is -3.22. The van der Waals surface area contributed by atoms with Gasteiger partial charge in [-0.25, -0.2) is 0 Å². The molecule has 28 heavy (non-hydrogen) atoms. The van der Waals surface area contributed by atoms with Crippen molar-refractivity contribution in [2.75, 3.05) is 28.4 Å². The Balaban J connectivity index is 2.43. The van der Waals surface area contributed by atoms with Gasteiger partial charge in [0.05, 0.1) is 27.4 Å². The highest BCUT2D eigenvalue weighted by atomic mass is 16.5. The zero-order valence-electron chi connectivity index (χ0n) is 16.3. The zero-order valence-corrected chi connectivity index (χ0v) is 16.3. The average molecular weight is 385 g/mol. The fourth-order valence-corrected chi connectivity index (χ4v) is 3.77. The van der Waals surface area contributed by atoms with E-state index >= 15 is 0 Å². The van der Waals surface area contributed by atoms with Gasteiger partial charge in [0.25, 0.3) is 0 Å². The number of ether oxygens (including phenoxy) is 3. The van der Waals surface area contributed by atoms with E-state index < -0.39 is 0 Å². The van der Waals surface area contributed by atoms with Crippen molar-refractivity contribution in [1.29, 1.82) is 0 Å². The van der Waals surface area contributed by atoms with Crippen molar-refractivity contribution in [2.45, 2.75) is 18.9 Å². The summed E-state index contributed by atoms with van der Waals surface area (Å²) in [6.07, 6.45) is 1.95.